The van der Waals surface area contributed by atoms with Crippen LogP contribution >= 0.6 is 0 Å². The number of hydrogen-bond acceptors (Lipinski definition) is 9. The molecule has 3 aliphatic rings. The van der Waals surface area contributed by atoms with E-state index in [4.69, 9.17) is 18.9 Å². The van der Waals surface area contributed by atoms with Gasteiger partial charge in [-0.05, 0) is 55.9 Å². The molecule has 2 N–H and O–H groups in total. The molecule has 1 spiro atoms. The predicted molar refractivity (Wildman–Crippen MR) is 161 cm³/mol. The highest BCUT2D eigenvalue weighted by Gasteiger charge is 2.74. The third-order valence-corrected chi connectivity index (χ3v) is 9.38. The van der Waals surface area contributed by atoms with Crippen molar-refractivity contribution in [2.24, 2.45) is 22.7 Å². The minimum atomic E-state index is -1.46. The first-order valence-corrected chi connectivity index (χ1v) is 15.2. The molecule has 9 nitrogen and oxygen atoms in total. The van der Waals surface area contributed by atoms with Gasteiger partial charge in [-0.1, -0.05) is 76.1 Å². The molecule has 0 bridgehead atoms. The second kappa shape index (κ2) is 14.6. The topological polar surface area (TPSA) is 129 Å². The number of unbranched alkanes of at least 4 members (excludes halogenated alkanes) is 3. The third kappa shape index (κ3) is 7.21. The molecule has 43 heavy (non-hydrogen) atoms. The fourth-order valence-electron chi connectivity index (χ4n) is 6.97. The van der Waals surface area contributed by atoms with E-state index in [9.17, 15) is 24.6 Å². The highest BCUT2D eigenvalue weighted by Crippen LogP contribution is 2.67. The average Bonchev–Trinajstić information content (AvgIpc) is 3.23. The fourth-order valence-corrected chi connectivity index (χ4v) is 6.97. The fraction of sp³-hybridized carbons (Fsp3) is 0.618. The smallest absolute Gasteiger partial charge is 0.331 e. The van der Waals surface area contributed by atoms with Crippen molar-refractivity contribution in [1.29, 1.82) is 0 Å². The maximum Gasteiger partial charge on any atom is 0.331 e. The maximum absolute atomic E-state index is 13.2. The van der Waals surface area contributed by atoms with Crippen molar-refractivity contribution in [3.05, 3.63) is 60.3 Å². The first kappa shape index (κ1) is 34.5. The van der Waals surface area contributed by atoms with Gasteiger partial charge in [-0.25, -0.2) is 4.79 Å². The van der Waals surface area contributed by atoms with Gasteiger partial charge in [0.05, 0.1) is 12.2 Å². The number of esters is 3. The minimum absolute atomic E-state index is 0.205. The summed E-state index contributed by atoms with van der Waals surface area (Å²) in [5, 5.41) is 23.1. The van der Waals surface area contributed by atoms with Crippen LogP contribution in [0.1, 0.15) is 80.1 Å². The molecule has 1 saturated carbocycles. The van der Waals surface area contributed by atoms with Crippen molar-refractivity contribution < 1.29 is 43.5 Å². The molecule has 1 heterocycles. The van der Waals surface area contributed by atoms with E-state index < -0.39 is 71.5 Å². The minimum Gasteiger partial charge on any atom is -0.455 e. The number of aliphatic hydroxyl groups is 2. The van der Waals surface area contributed by atoms with E-state index in [2.05, 4.69) is 13.5 Å². The van der Waals surface area contributed by atoms with Crippen LogP contribution in [0.2, 0.25) is 0 Å². The van der Waals surface area contributed by atoms with Crippen LogP contribution < -0.4 is 0 Å². The lowest BCUT2D eigenvalue weighted by atomic mass is 9.44. The van der Waals surface area contributed by atoms with Gasteiger partial charge in [-0.3, -0.25) is 14.3 Å². The lowest BCUT2D eigenvalue weighted by molar-refractivity contribution is -0.275. The summed E-state index contributed by atoms with van der Waals surface area (Å²) in [6.07, 6.45) is 10.6. The average molecular weight is 601 g/mol. The van der Waals surface area contributed by atoms with Crippen molar-refractivity contribution in [2.45, 2.75) is 111 Å². The second-order valence-electron chi connectivity index (χ2n) is 12.2. The zero-order valence-corrected chi connectivity index (χ0v) is 26.3. The molecular weight excluding hydrogens is 552 g/mol. The Morgan fingerprint density at radius 2 is 1.79 bits per heavy atom. The van der Waals surface area contributed by atoms with Gasteiger partial charge in [-0.15, -0.1) is 0 Å². The van der Waals surface area contributed by atoms with Crippen molar-refractivity contribution in [3.8, 4) is 0 Å². The Hall–Kier alpha value is -3.01. The molecule has 9 atom stereocenters. The Morgan fingerprint density at radius 3 is 2.42 bits per heavy atom. The molecule has 238 valence electrons. The van der Waals surface area contributed by atoms with Crippen LogP contribution in [0, 0.1) is 22.7 Å². The van der Waals surface area contributed by atoms with E-state index in [0.29, 0.717) is 12.0 Å². The summed E-state index contributed by atoms with van der Waals surface area (Å²) >= 11 is 0. The zero-order chi connectivity index (χ0) is 31.9. The van der Waals surface area contributed by atoms with E-state index in [0.717, 1.165) is 31.3 Å². The summed E-state index contributed by atoms with van der Waals surface area (Å²) in [7, 11) is 0. The van der Waals surface area contributed by atoms with Gasteiger partial charge in [0, 0.05) is 25.5 Å². The summed E-state index contributed by atoms with van der Waals surface area (Å²) in [6.45, 7) is 14.2. The van der Waals surface area contributed by atoms with Gasteiger partial charge >= 0.3 is 17.9 Å². The number of rotatable bonds is 12. The lowest BCUT2D eigenvalue weighted by Gasteiger charge is -2.62. The van der Waals surface area contributed by atoms with Gasteiger partial charge in [0.25, 0.3) is 0 Å². The standard InChI is InChI=1S/C34H48O9/c1-8-10-11-12-13-14-15-16-28(38)42-30-29(39)22(4)33(7,18-17-21(3)9-2)27-20-25(37)19-26-31(40-23(5)35)43-32(34(26,27)30)41-24(6)36/h9,13-17,19,22,25,27,29-32,37,39H,2,8,10-12,18,20H2,1,3-7H3/b14-13+,16-15-,21-17+/t22-,25+,27+,29-,30-,31+,32-,33-,34-/m1/s1. The molecule has 2 aliphatic carbocycles. The molecule has 0 amide bonds. The molecule has 1 aliphatic heterocycles. The van der Waals surface area contributed by atoms with E-state index in [-0.39, 0.29) is 6.42 Å². The van der Waals surface area contributed by atoms with Gasteiger partial charge < -0.3 is 24.4 Å². The zero-order valence-electron chi connectivity index (χ0n) is 26.3. The van der Waals surface area contributed by atoms with E-state index in [1.54, 1.807) is 18.2 Å². The Bertz CT molecular complexity index is 1170. The van der Waals surface area contributed by atoms with E-state index in [1.165, 1.54) is 26.0 Å². The van der Waals surface area contributed by atoms with Crippen LogP contribution in [0.15, 0.2) is 60.3 Å². The normalized spacial score (nSPS) is 35.7. The van der Waals surface area contributed by atoms with Crippen LogP contribution in [0.3, 0.4) is 0 Å². The summed E-state index contributed by atoms with van der Waals surface area (Å²) < 4.78 is 23.4. The molecule has 0 aromatic heterocycles. The quantitative estimate of drug-likeness (QED) is 0.0772. The first-order chi connectivity index (χ1) is 20.3. The molecular formula is C34H48O9. The van der Waals surface area contributed by atoms with Gasteiger partial charge in [0.2, 0.25) is 12.6 Å². The number of carbonyl (C=O) groups excluding carboxylic acids is 3. The number of hydrogen-bond donors (Lipinski definition) is 2. The molecule has 3 rings (SSSR count). The SMILES string of the molecule is C=C/C(C)=C/C[C@]1(C)[C@H](C)[C@@H](O)[C@@H](OC(=O)/C=C\C=C\CCCCC)[C@@]23C(=C[C@H](O)C[C@@H]12)[C@@H](OC(C)=O)O[C@H]3OC(C)=O. The lowest BCUT2D eigenvalue weighted by Crippen LogP contribution is -2.68. The van der Waals surface area contributed by atoms with Crippen molar-refractivity contribution in [2.75, 3.05) is 0 Å². The Kier molecular flexibility index (Phi) is 11.7. The van der Waals surface area contributed by atoms with Crippen molar-refractivity contribution in [3.63, 3.8) is 0 Å². The largest absolute Gasteiger partial charge is 0.455 e. The molecule has 2 fully saturated rings. The van der Waals surface area contributed by atoms with Gasteiger partial charge in [0.15, 0.2) is 0 Å². The van der Waals surface area contributed by atoms with Crippen LogP contribution in [-0.2, 0) is 33.3 Å². The Morgan fingerprint density at radius 1 is 1.09 bits per heavy atom. The molecule has 0 unspecified atom stereocenters. The molecule has 9 heteroatoms. The Labute approximate surface area is 255 Å². The van der Waals surface area contributed by atoms with Gasteiger partial charge in [-0.2, -0.15) is 0 Å². The van der Waals surface area contributed by atoms with Crippen LogP contribution in [-0.4, -0.2) is 59.0 Å². The maximum atomic E-state index is 13.2. The van der Waals surface area contributed by atoms with Crippen molar-refractivity contribution >= 4 is 17.9 Å². The predicted octanol–water partition coefficient (Wildman–Crippen LogP) is 5.23. The number of carbonyl (C=O) groups is 3. The van der Waals surface area contributed by atoms with Crippen molar-refractivity contribution in [1.82, 2.24) is 0 Å². The summed E-state index contributed by atoms with van der Waals surface area (Å²) in [4.78, 5) is 37.8. The van der Waals surface area contributed by atoms with Crippen LogP contribution in [0.5, 0.6) is 0 Å². The van der Waals surface area contributed by atoms with Crippen LogP contribution in [0.4, 0.5) is 0 Å². The molecule has 0 aromatic rings. The summed E-state index contributed by atoms with van der Waals surface area (Å²) in [6, 6.07) is 0. The third-order valence-electron chi connectivity index (χ3n) is 9.38. The van der Waals surface area contributed by atoms with E-state index in [1.807, 2.05) is 32.9 Å². The van der Waals surface area contributed by atoms with E-state index >= 15 is 0 Å². The Balaban J connectivity index is 2.15. The number of aliphatic hydroxyl groups excluding tert-OH is 2. The molecule has 0 radical (unpaired) electrons. The highest BCUT2D eigenvalue weighted by molar-refractivity contribution is 5.82. The molecule has 1 saturated heterocycles. The van der Waals surface area contributed by atoms with Crippen LogP contribution in [0.25, 0.3) is 0 Å². The summed E-state index contributed by atoms with van der Waals surface area (Å²) in [5.41, 5.74) is -0.933. The highest BCUT2D eigenvalue weighted by atomic mass is 16.8. The summed E-state index contributed by atoms with van der Waals surface area (Å²) in [5.74, 6) is -2.98. The first-order valence-electron chi connectivity index (χ1n) is 15.2. The number of allylic oxidation sites excluding steroid dienone is 6. The second-order valence-corrected chi connectivity index (χ2v) is 12.2. The number of ether oxygens (including phenoxy) is 4. The monoisotopic (exact) mass is 600 g/mol. The molecule has 0 aromatic carbocycles. The van der Waals surface area contributed by atoms with Gasteiger partial charge in [0.1, 0.15) is 11.5 Å².